The van der Waals surface area contributed by atoms with Crippen molar-refractivity contribution in [2.45, 2.75) is 31.8 Å². The van der Waals surface area contributed by atoms with Gasteiger partial charge < -0.3 is 14.3 Å². The molecule has 0 aliphatic carbocycles. The van der Waals surface area contributed by atoms with Crippen LogP contribution in [-0.2, 0) is 17.4 Å². The minimum absolute atomic E-state index is 0.171. The lowest BCUT2D eigenvalue weighted by molar-refractivity contribution is 0.160. The van der Waals surface area contributed by atoms with E-state index >= 15 is 0 Å². The highest BCUT2D eigenvalue weighted by Gasteiger charge is 2.14. The molecule has 1 atom stereocenters. The van der Waals surface area contributed by atoms with Gasteiger partial charge in [-0.1, -0.05) is 54.6 Å². The number of rotatable bonds is 8. The van der Waals surface area contributed by atoms with Crippen LogP contribution in [0.3, 0.4) is 0 Å². The average molecular weight is 317 g/mol. The van der Waals surface area contributed by atoms with Gasteiger partial charge in [0, 0.05) is 0 Å². The molecule has 2 N–H and O–H groups in total. The molecule has 3 nitrogen and oxygen atoms in total. The van der Waals surface area contributed by atoms with Gasteiger partial charge in [0.2, 0.25) is 0 Å². The van der Waals surface area contributed by atoms with Gasteiger partial charge >= 0.3 is 8.60 Å². The number of hydrogen-bond donors (Lipinski definition) is 2. The van der Waals surface area contributed by atoms with E-state index in [4.69, 9.17) is 14.3 Å². The van der Waals surface area contributed by atoms with Gasteiger partial charge in [-0.05, 0) is 49.3 Å². The van der Waals surface area contributed by atoms with Crippen LogP contribution in [0.15, 0.2) is 54.6 Å². The molecule has 117 valence electrons. The van der Waals surface area contributed by atoms with Gasteiger partial charge in [0.05, 0.1) is 6.10 Å². The molecule has 0 heterocycles. The van der Waals surface area contributed by atoms with Crippen molar-refractivity contribution in [2.24, 2.45) is 0 Å². The molecule has 0 amide bonds. The molecule has 0 saturated carbocycles. The van der Waals surface area contributed by atoms with Gasteiger partial charge in [-0.3, -0.25) is 0 Å². The van der Waals surface area contributed by atoms with Crippen LogP contribution in [0.4, 0.5) is 0 Å². The Morgan fingerprint density at radius 2 is 1.64 bits per heavy atom. The molecule has 1 radical (unpaired) electrons. The van der Waals surface area contributed by atoms with Crippen molar-refractivity contribution in [2.75, 3.05) is 0 Å². The van der Waals surface area contributed by atoms with Gasteiger partial charge in [-0.2, -0.15) is 0 Å². The molecule has 0 aromatic heterocycles. The summed E-state index contributed by atoms with van der Waals surface area (Å²) in [5.41, 5.74) is 3.42. The summed E-state index contributed by atoms with van der Waals surface area (Å²) in [7, 11) is -2.32. The molecule has 1 unspecified atom stereocenters. The standard InChI is InChI=1S/C18H22O3P/c1-15-10-12-16(13-11-15)8-5-9-18(21-22(19)20)14-17-6-3-2-4-7-17/h2-4,6-7,10-13,18-20H,1,5,8-9,14H2. The summed E-state index contributed by atoms with van der Waals surface area (Å²) in [5.74, 6) is 0. The third kappa shape index (κ3) is 6.25. The van der Waals surface area contributed by atoms with E-state index in [9.17, 15) is 0 Å². The van der Waals surface area contributed by atoms with E-state index in [0.717, 1.165) is 30.4 Å². The van der Waals surface area contributed by atoms with Crippen molar-refractivity contribution in [1.29, 1.82) is 0 Å². The lowest BCUT2D eigenvalue weighted by Gasteiger charge is -2.18. The molecule has 0 bridgehead atoms. The van der Waals surface area contributed by atoms with Crippen molar-refractivity contribution in [1.82, 2.24) is 0 Å². The first-order valence-electron chi connectivity index (χ1n) is 7.43. The van der Waals surface area contributed by atoms with Crippen LogP contribution in [0.1, 0.15) is 29.5 Å². The highest BCUT2D eigenvalue weighted by molar-refractivity contribution is 7.39. The lowest BCUT2D eigenvalue weighted by Crippen LogP contribution is -2.14. The van der Waals surface area contributed by atoms with E-state index in [1.165, 1.54) is 5.56 Å². The van der Waals surface area contributed by atoms with E-state index < -0.39 is 8.60 Å². The van der Waals surface area contributed by atoms with Crippen LogP contribution < -0.4 is 0 Å². The Morgan fingerprint density at radius 3 is 2.27 bits per heavy atom. The SMILES string of the molecule is [CH2]c1ccc(CCCC(Cc2ccccc2)OP(O)O)cc1. The van der Waals surface area contributed by atoms with Crippen LogP contribution in [0.25, 0.3) is 0 Å². The summed E-state index contributed by atoms with van der Waals surface area (Å²) in [5, 5.41) is 0. The quantitative estimate of drug-likeness (QED) is 0.723. The first kappa shape index (κ1) is 17.1. The Kier molecular flexibility index (Phi) is 7.01. The Balaban J connectivity index is 1.85. The van der Waals surface area contributed by atoms with Crippen molar-refractivity contribution in [3.05, 3.63) is 78.2 Å². The highest BCUT2D eigenvalue weighted by Crippen LogP contribution is 2.30. The van der Waals surface area contributed by atoms with E-state index in [2.05, 4.69) is 19.1 Å². The van der Waals surface area contributed by atoms with E-state index in [1.54, 1.807) is 0 Å². The minimum atomic E-state index is -2.32. The second kappa shape index (κ2) is 9.02. The van der Waals surface area contributed by atoms with Crippen LogP contribution in [0.2, 0.25) is 0 Å². The summed E-state index contributed by atoms with van der Waals surface area (Å²) in [6.45, 7) is 3.88. The maximum atomic E-state index is 9.14. The van der Waals surface area contributed by atoms with Gasteiger partial charge in [0.25, 0.3) is 0 Å². The number of hydrogen-bond acceptors (Lipinski definition) is 3. The van der Waals surface area contributed by atoms with Crippen molar-refractivity contribution < 1.29 is 14.3 Å². The number of aryl methyl sites for hydroxylation is 1. The highest BCUT2D eigenvalue weighted by atomic mass is 31.2. The second-order valence-electron chi connectivity index (χ2n) is 5.38. The predicted molar refractivity (Wildman–Crippen MR) is 90.2 cm³/mol. The predicted octanol–water partition coefficient (Wildman–Crippen LogP) is 4.03. The van der Waals surface area contributed by atoms with Crippen molar-refractivity contribution >= 4 is 8.60 Å². The molecule has 2 rings (SSSR count). The van der Waals surface area contributed by atoms with Crippen LogP contribution in [-0.4, -0.2) is 15.9 Å². The van der Waals surface area contributed by atoms with E-state index in [1.807, 2.05) is 42.5 Å². The largest absolute Gasteiger partial charge is 0.328 e. The van der Waals surface area contributed by atoms with Gasteiger partial charge in [-0.15, -0.1) is 0 Å². The molecule has 2 aromatic carbocycles. The summed E-state index contributed by atoms with van der Waals surface area (Å²) in [4.78, 5) is 18.3. The molecule has 0 aliphatic rings. The normalized spacial score (nSPS) is 12.5. The topological polar surface area (TPSA) is 49.7 Å². The maximum absolute atomic E-state index is 9.14. The Labute approximate surface area is 133 Å². The molecule has 0 fully saturated rings. The maximum Gasteiger partial charge on any atom is 0.327 e. The summed E-state index contributed by atoms with van der Waals surface area (Å²) in [6, 6.07) is 18.2. The first-order chi connectivity index (χ1) is 10.6. The fourth-order valence-corrected chi connectivity index (χ4v) is 2.89. The van der Waals surface area contributed by atoms with Gasteiger partial charge in [0.1, 0.15) is 0 Å². The van der Waals surface area contributed by atoms with Crippen LogP contribution >= 0.6 is 8.60 Å². The molecule has 22 heavy (non-hydrogen) atoms. The molecular formula is C18H22O3P. The average Bonchev–Trinajstić information content (AvgIpc) is 2.49. The smallest absolute Gasteiger partial charge is 0.327 e. The third-order valence-corrected chi connectivity index (χ3v) is 4.05. The molecule has 0 saturated heterocycles. The van der Waals surface area contributed by atoms with Crippen molar-refractivity contribution in [3.63, 3.8) is 0 Å². The summed E-state index contributed by atoms with van der Waals surface area (Å²) in [6.07, 6.45) is 3.20. The lowest BCUT2D eigenvalue weighted by atomic mass is 10.0. The minimum Gasteiger partial charge on any atom is -0.328 e. The third-order valence-electron chi connectivity index (χ3n) is 3.56. The van der Waals surface area contributed by atoms with Crippen LogP contribution in [0, 0.1) is 6.92 Å². The van der Waals surface area contributed by atoms with Gasteiger partial charge in [-0.25, -0.2) is 0 Å². The molecule has 0 aliphatic heterocycles. The van der Waals surface area contributed by atoms with E-state index in [-0.39, 0.29) is 6.10 Å². The zero-order valence-corrected chi connectivity index (χ0v) is 13.5. The summed E-state index contributed by atoms with van der Waals surface area (Å²) < 4.78 is 5.28. The summed E-state index contributed by atoms with van der Waals surface area (Å²) >= 11 is 0. The molecule has 4 heteroatoms. The Morgan fingerprint density at radius 1 is 0.955 bits per heavy atom. The Hall–Kier alpha value is -1.25. The number of benzene rings is 2. The van der Waals surface area contributed by atoms with Crippen molar-refractivity contribution in [3.8, 4) is 0 Å². The van der Waals surface area contributed by atoms with E-state index in [0.29, 0.717) is 6.42 Å². The zero-order valence-electron chi connectivity index (χ0n) is 12.6. The Bertz CT molecular complexity index is 540. The molecule has 0 spiro atoms. The second-order valence-corrected chi connectivity index (χ2v) is 6.09. The molecule has 2 aromatic rings. The van der Waals surface area contributed by atoms with Gasteiger partial charge in [0.15, 0.2) is 0 Å². The monoisotopic (exact) mass is 317 g/mol. The molecular weight excluding hydrogens is 295 g/mol. The zero-order chi connectivity index (χ0) is 15.8. The first-order valence-corrected chi connectivity index (χ1v) is 8.59. The fraction of sp³-hybridized carbons (Fsp3) is 0.278. The fourth-order valence-electron chi connectivity index (χ4n) is 2.44. The van der Waals surface area contributed by atoms with Crippen LogP contribution in [0.5, 0.6) is 0 Å².